The zero-order chi connectivity index (χ0) is 9.14. The van der Waals surface area contributed by atoms with Crippen molar-refractivity contribution >= 4 is 5.97 Å². The highest BCUT2D eigenvalue weighted by molar-refractivity contribution is 5.72. The highest BCUT2D eigenvalue weighted by Crippen LogP contribution is 2.17. The van der Waals surface area contributed by atoms with E-state index < -0.39 is 5.97 Å². The molecule has 1 fully saturated rings. The van der Waals surface area contributed by atoms with E-state index in [1.54, 1.807) is 6.92 Å². The Hall–Kier alpha value is -0.570. The molecule has 0 saturated carbocycles. The number of likely N-dealkylation sites (tertiary alicyclic amines) is 1. The van der Waals surface area contributed by atoms with Crippen molar-refractivity contribution in [3.63, 3.8) is 0 Å². The highest BCUT2D eigenvalue weighted by Gasteiger charge is 2.24. The maximum Gasteiger partial charge on any atom is 0.320 e. The summed E-state index contributed by atoms with van der Waals surface area (Å²) in [7, 11) is 0. The molecule has 0 spiro atoms. The molecule has 1 N–H and O–H groups in total. The summed E-state index contributed by atoms with van der Waals surface area (Å²) in [5, 5.41) is 8.76. The lowest BCUT2D eigenvalue weighted by Gasteiger charge is -2.33. The number of nitrogens with zero attached hydrogens (tertiary/aromatic N) is 1. The zero-order valence-corrected chi connectivity index (χ0v) is 7.49. The van der Waals surface area contributed by atoms with Crippen LogP contribution in [0.2, 0.25) is 0 Å². The Morgan fingerprint density at radius 2 is 2.42 bits per heavy atom. The quantitative estimate of drug-likeness (QED) is 0.672. The molecular formula is C9H16NO2. The van der Waals surface area contributed by atoms with Gasteiger partial charge in [-0.3, -0.25) is 9.69 Å². The zero-order valence-electron chi connectivity index (χ0n) is 7.49. The molecule has 1 heterocycles. The van der Waals surface area contributed by atoms with Crippen LogP contribution < -0.4 is 0 Å². The summed E-state index contributed by atoms with van der Waals surface area (Å²) in [6.45, 7) is 7.42. The van der Waals surface area contributed by atoms with Crippen LogP contribution in [0.4, 0.5) is 0 Å². The Labute approximate surface area is 73.4 Å². The molecule has 0 bridgehead atoms. The maximum absolute atomic E-state index is 10.6. The van der Waals surface area contributed by atoms with E-state index in [1.807, 2.05) is 4.90 Å². The van der Waals surface area contributed by atoms with Gasteiger partial charge in [0.1, 0.15) is 6.04 Å². The van der Waals surface area contributed by atoms with Gasteiger partial charge in [-0.1, -0.05) is 0 Å². The minimum absolute atomic E-state index is 0.352. The van der Waals surface area contributed by atoms with Crippen LogP contribution in [-0.2, 0) is 4.79 Å². The Morgan fingerprint density at radius 3 is 2.92 bits per heavy atom. The van der Waals surface area contributed by atoms with E-state index in [0.717, 1.165) is 25.9 Å². The third-order valence-corrected chi connectivity index (χ3v) is 2.46. The average molecular weight is 170 g/mol. The number of carboxylic acids is 1. The van der Waals surface area contributed by atoms with Crippen molar-refractivity contribution in [3.8, 4) is 0 Å². The number of rotatable bonds is 2. The predicted octanol–water partition coefficient (Wildman–Crippen LogP) is 1.01. The third kappa shape index (κ3) is 2.21. The van der Waals surface area contributed by atoms with Crippen molar-refractivity contribution < 1.29 is 9.90 Å². The molecule has 0 aromatic carbocycles. The van der Waals surface area contributed by atoms with E-state index in [9.17, 15) is 4.79 Å². The largest absolute Gasteiger partial charge is 0.480 e. The van der Waals surface area contributed by atoms with Crippen LogP contribution in [0.1, 0.15) is 19.8 Å². The first kappa shape index (κ1) is 9.52. The molecule has 12 heavy (non-hydrogen) atoms. The fourth-order valence-electron chi connectivity index (χ4n) is 1.61. The van der Waals surface area contributed by atoms with Gasteiger partial charge in [0.25, 0.3) is 0 Å². The molecule has 0 aromatic rings. The van der Waals surface area contributed by atoms with Crippen molar-refractivity contribution in [1.29, 1.82) is 0 Å². The monoisotopic (exact) mass is 170 g/mol. The number of hydrogen-bond donors (Lipinski definition) is 1. The standard InChI is InChI=1S/C9H16NO2/c1-7-4-3-5-10(6-7)8(2)9(11)12/h7-8H,1,3-6H2,2H3,(H,11,12). The lowest BCUT2D eigenvalue weighted by molar-refractivity contribution is -0.143. The lowest BCUT2D eigenvalue weighted by atomic mass is 9.99. The smallest absolute Gasteiger partial charge is 0.320 e. The molecule has 1 radical (unpaired) electrons. The van der Waals surface area contributed by atoms with Gasteiger partial charge in [0.2, 0.25) is 0 Å². The van der Waals surface area contributed by atoms with E-state index in [0.29, 0.717) is 5.92 Å². The van der Waals surface area contributed by atoms with Gasteiger partial charge in [0, 0.05) is 6.54 Å². The van der Waals surface area contributed by atoms with Gasteiger partial charge in [-0.25, -0.2) is 0 Å². The first-order valence-electron chi connectivity index (χ1n) is 4.41. The van der Waals surface area contributed by atoms with Gasteiger partial charge < -0.3 is 5.11 Å². The molecule has 1 saturated heterocycles. The van der Waals surface area contributed by atoms with Crippen molar-refractivity contribution in [2.45, 2.75) is 25.8 Å². The van der Waals surface area contributed by atoms with Crippen molar-refractivity contribution in [3.05, 3.63) is 6.92 Å². The molecule has 3 heteroatoms. The molecule has 1 aliphatic rings. The van der Waals surface area contributed by atoms with Crippen molar-refractivity contribution in [2.75, 3.05) is 13.1 Å². The average Bonchev–Trinajstić information content (AvgIpc) is 2.03. The lowest BCUT2D eigenvalue weighted by Crippen LogP contribution is -2.44. The van der Waals surface area contributed by atoms with Crippen molar-refractivity contribution in [2.24, 2.45) is 5.92 Å². The summed E-state index contributed by atoms with van der Waals surface area (Å²) in [5.74, 6) is -0.329. The molecule has 2 atom stereocenters. The third-order valence-electron chi connectivity index (χ3n) is 2.46. The van der Waals surface area contributed by atoms with Gasteiger partial charge in [0.05, 0.1) is 0 Å². The van der Waals surface area contributed by atoms with Crippen molar-refractivity contribution in [1.82, 2.24) is 4.90 Å². The molecule has 0 aliphatic carbocycles. The van der Waals surface area contributed by atoms with Crippen LogP contribution >= 0.6 is 0 Å². The maximum atomic E-state index is 10.6. The van der Waals surface area contributed by atoms with Crippen LogP contribution in [0.25, 0.3) is 0 Å². The summed E-state index contributed by atoms with van der Waals surface area (Å²) in [5.41, 5.74) is 0. The molecule has 2 unspecified atom stereocenters. The summed E-state index contributed by atoms with van der Waals surface area (Å²) in [6, 6.07) is -0.352. The van der Waals surface area contributed by atoms with Gasteiger partial charge in [-0.15, -0.1) is 0 Å². The van der Waals surface area contributed by atoms with Crippen LogP contribution in [0.15, 0.2) is 0 Å². The second-order valence-corrected chi connectivity index (χ2v) is 3.52. The molecule has 3 nitrogen and oxygen atoms in total. The SMILES string of the molecule is [CH2]C1CCCN(C(C)C(=O)O)C1. The van der Waals surface area contributed by atoms with Crippen LogP contribution in [0.3, 0.4) is 0 Å². The Kier molecular flexibility index (Phi) is 3.09. The molecule has 1 rings (SSSR count). The fraction of sp³-hybridized carbons (Fsp3) is 0.778. The topological polar surface area (TPSA) is 40.5 Å². The van der Waals surface area contributed by atoms with E-state index >= 15 is 0 Å². The Morgan fingerprint density at radius 1 is 1.75 bits per heavy atom. The predicted molar refractivity (Wildman–Crippen MR) is 46.8 cm³/mol. The minimum atomic E-state index is -0.732. The number of carboxylic acid groups (broad SMARTS) is 1. The first-order valence-corrected chi connectivity index (χ1v) is 4.41. The second-order valence-electron chi connectivity index (χ2n) is 3.52. The number of piperidine rings is 1. The van der Waals surface area contributed by atoms with E-state index in [2.05, 4.69) is 6.92 Å². The van der Waals surface area contributed by atoms with Gasteiger partial charge in [-0.05, 0) is 39.2 Å². The number of hydrogen-bond acceptors (Lipinski definition) is 2. The van der Waals surface area contributed by atoms with E-state index in [4.69, 9.17) is 5.11 Å². The normalized spacial score (nSPS) is 28.3. The minimum Gasteiger partial charge on any atom is -0.480 e. The first-order chi connectivity index (χ1) is 5.61. The summed E-state index contributed by atoms with van der Waals surface area (Å²) in [6.07, 6.45) is 2.20. The summed E-state index contributed by atoms with van der Waals surface area (Å²) < 4.78 is 0. The van der Waals surface area contributed by atoms with E-state index in [1.165, 1.54) is 0 Å². The van der Waals surface area contributed by atoms with Crippen LogP contribution in [0, 0.1) is 12.8 Å². The Balaban J connectivity index is 2.45. The molecular weight excluding hydrogens is 154 g/mol. The second kappa shape index (κ2) is 3.90. The molecule has 0 aromatic heterocycles. The molecule has 0 amide bonds. The highest BCUT2D eigenvalue weighted by atomic mass is 16.4. The molecule has 69 valence electrons. The molecule has 1 aliphatic heterocycles. The van der Waals surface area contributed by atoms with Gasteiger partial charge >= 0.3 is 5.97 Å². The van der Waals surface area contributed by atoms with Crippen LogP contribution in [0.5, 0.6) is 0 Å². The number of aliphatic carboxylic acids is 1. The summed E-state index contributed by atoms with van der Waals surface area (Å²) in [4.78, 5) is 12.6. The van der Waals surface area contributed by atoms with Gasteiger partial charge in [0.15, 0.2) is 0 Å². The fourth-order valence-corrected chi connectivity index (χ4v) is 1.61. The van der Waals surface area contributed by atoms with Gasteiger partial charge in [-0.2, -0.15) is 0 Å². The summed E-state index contributed by atoms with van der Waals surface area (Å²) >= 11 is 0. The van der Waals surface area contributed by atoms with Crippen LogP contribution in [-0.4, -0.2) is 35.1 Å². The number of carbonyl (C=O) groups is 1. The Bertz CT molecular complexity index is 170. The van der Waals surface area contributed by atoms with E-state index in [-0.39, 0.29) is 6.04 Å².